The number of aliphatic hydroxyl groups is 1. The van der Waals surface area contributed by atoms with E-state index >= 15 is 0 Å². The summed E-state index contributed by atoms with van der Waals surface area (Å²) < 4.78 is 5.12. The molecule has 19 heavy (non-hydrogen) atoms. The van der Waals surface area contributed by atoms with E-state index in [9.17, 15) is 5.11 Å². The van der Waals surface area contributed by atoms with Gasteiger partial charge in [0, 0.05) is 15.6 Å². The summed E-state index contributed by atoms with van der Waals surface area (Å²) in [6, 6.07) is 10.0. The van der Waals surface area contributed by atoms with Gasteiger partial charge < -0.3 is 9.84 Å². The predicted molar refractivity (Wildman–Crippen MR) is 78.5 cm³/mol. The number of rotatable bonds is 3. The Hall–Kier alpha value is -0.930. The number of methoxy groups -OCH3 is 1. The second-order valence-corrected chi connectivity index (χ2v) is 5.21. The molecule has 0 saturated heterocycles. The van der Waals surface area contributed by atoms with Crippen LogP contribution in [0.5, 0.6) is 5.75 Å². The molecule has 2 rings (SSSR count). The summed E-state index contributed by atoms with van der Waals surface area (Å²) in [6.45, 7) is 0. The van der Waals surface area contributed by atoms with Crippen LogP contribution in [-0.2, 0) is 0 Å². The summed E-state index contributed by atoms with van der Waals surface area (Å²) in [5.74, 6) is 0.503. The van der Waals surface area contributed by atoms with Crippen molar-refractivity contribution in [3.05, 3.63) is 62.6 Å². The second kappa shape index (κ2) is 6.02. The van der Waals surface area contributed by atoms with Crippen molar-refractivity contribution in [2.24, 2.45) is 0 Å². The van der Waals surface area contributed by atoms with Gasteiger partial charge in [0.25, 0.3) is 0 Å². The number of benzene rings is 2. The zero-order valence-corrected chi connectivity index (χ0v) is 12.3. The molecule has 5 heteroatoms. The molecule has 0 heterocycles. The van der Waals surface area contributed by atoms with E-state index in [0.717, 1.165) is 0 Å². The van der Waals surface area contributed by atoms with Gasteiger partial charge in [0.05, 0.1) is 12.1 Å². The summed E-state index contributed by atoms with van der Waals surface area (Å²) in [4.78, 5) is 0. The summed E-state index contributed by atoms with van der Waals surface area (Å²) >= 11 is 17.9. The first-order valence-electron chi connectivity index (χ1n) is 5.49. The van der Waals surface area contributed by atoms with Crippen LogP contribution in [0.25, 0.3) is 0 Å². The molecule has 0 aliphatic carbocycles. The standard InChI is InChI=1S/C14H11Cl3O2/c1-19-13-6-8(2-5-11(13)16)14(18)10-4-3-9(15)7-12(10)17/h2-7,14,18H,1H3. The summed E-state index contributed by atoms with van der Waals surface area (Å²) in [5, 5.41) is 11.8. The Labute approximate surface area is 126 Å². The Morgan fingerprint density at radius 2 is 1.74 bits per heavy atom. The van der Waals surface area contributed by atoms with Crippen LogP contribution in [0.3, 0.4) is 0 Å². The van der Waals surface area contributed by atoms with Gasteiger partial charge >= 0.3 is 0 Å². The smallest absolute Gasteiger partial charge is 0.137 e. The third-order valence-corrected chi connectivity index (χ3v) is 3.62. The van der Waals surface area contributed by atoms with Crippen LogP contribution in [-0.4, -0.2) is 12.2 Å². The van der Waals surface area contributed by atoms with Crippen LogP contribution >= 0.6 is 34.8 Å². The molecule has 0 aliphatic rings. The fourth-order valence-corrected chi connectivity index (χ4v) is 2.46. The first-order chi connectivity index (χ1) is 9.02. The van der Waals surface area contributed by atoms with Gasteiger partial charge in [-0.2, -0.15) is 0 Å². The van der Waals surface area contributed by atoms with Crippen molar-refractivity contribution in [3.63, 3.8) is 0 Å². The van der Waals surface area contributed by atoms with E-state index in [2.05, 4.69) is 0 Å². The molecule has 0 amide bonds. The quantitative estimate of drug-likeness (QED) is 0.886. The second-order valence-electron chi connectivity index (χ2n) is 3.96. The average Bonchev–Trinajstić information content (AvgIpc) is 2.38. The highest BCUT2D eigenvalue weighted by atomic mass is 35.5. The number of hydrogen-bond donors (Lipinski definition) is 1. The van der Waals surface area contributed by atoms with Crippen molar-refractivity contribution < 1.29 is 9.84 Å². The minimum absolute atomic E-state index is 0.411. The highest BCUT2D eigenvalue weighted by Crippen LogP contribution is 2.33. The van der Waals surface area contributed by atoms with Gasteiger partial charge in [-0.3, -0.25) is 0 Å². The summed E-state index contributed by atoms with van der Waals surface area (Å²) in [6.07, 6.45) is -0.865. The van der Waals surface area contributed by atoms with Crippen LogP contribution in [0.15, 0.2) is 36.4 Å². The molecule has 0 aliphatic heterocycles. The maximum Gasteiger partial charge on any atom is 0.137 e. The summed E-state index contributed by atoms with van der Waals surface area (Å²) in [5.41, 5.74) is 1.22. The molecular formula is C14H11Cl3O2. The van der Waals surface area contributed by atoms with Crippen molar-refractivity contribution in [1.82, 2.24) is 0 Å². The molecule has 0 aromatic heterocycles. The average molecular weight is 318 g/mol. The minimum atomic E-state index is -0.865. The Balaban J connectivity index is 2.40. The molecule has 100 valence electrons. The molecule has 2 aromatic carbocycles. The molecule has 1 atom stereocenters. The molecule has 1 N–H and O–H groups in total. The van der Waals surface area contributed by atoms with Crippen molar-refractivity contribution in [1.29, 1.82) is 0 Å². The lowest BCUT2D eigenvalue weighted by molar-refractivity contribution is 0.220. The number of ether oxygens (including phenoxy) is 1. The SMILES string of the molecule is COc1cc(C(O)c2ccc(Cl)cc2Cl)ccc1Cl. The third-order valence-electron chi connectivity index (χ3n) is 2.75. The monoisotopic (exact) mass is 316 g/mol. The van der Waals surface area contributed by atoms with E-state index in [1.807, 2.05) is 0 Å². The maximum absolute atomic E-state index is 10.3. The lowest BCUT2D eigenvalue weighted by Crippen LogP contribution is -2.01. The molecule has 2 aromatic rings. The van der Waals surface area contributed by atoms with Gasteiger partial charge in [-0.15, -0.1) is 0 Å². The van der Waals surface area contributed by atoms with Gasteiger partial charge in [-0.05, 0) is 29.8 Å². The van der Waals surface area contributed by atoms with Gasteiger partial charge in [0.2, 0.25) is 0 Å². The lowest BCUT2D eigenvalue weighted by atomic mass is 10.0. The van der Waals surface area contributed by atoms with E-state index < -0.39 is 6.10 Å². The van der Waals surface area contributed by atoms with Crippen molar-refractivity contribution in [2.75, 3.05) is 7.11 Å². The number of halogens is 3. The Bertz CT molecular complexity index is 599. The normalized spacial score (nSPS) is 12.3. The minimum Gasteiger partial charge on any atom is -0.495 e. The molecule has 0 spiro atoms. The zero-order valence-electron chi connectivity index (χ0n) is 10.0. The maximum atomic E-state index is 10.3. The fourth-order valence-electron chi connectivity index (χ4n) is 1.75. The van der Waals surface area contributed by atoms with Crippen molar-refractivity contribution in [2.45, 2.75) is 6.10 Å². The highest BCUT2D eigenvalue weighted by Gasteiger charge is 2.15. The molecular weight excluding hydrogens is 307 g/mol. The molecule has 0 saturated carbocycles. The van der Waals surface area contributed by atoms with E-state index in [0.29, 0.717) is 31.9 Å². The molecule has 1 unspecified atom stereocenters. The lowest BCUT2D eigenvalue weighted by Gasteiger charge is -2.15. The van der Waals surface area contributed by atoms with E-state index in [-0.39, 0.29) is 0 Å². The Morgan fingerprint density at radius 3 is 2.37 bits per heavy atom. The van der Waals surface area contributed by atoms with Crippen molar-refractivity contribution >= 4 is 34.8 Å². The highest BCUT2D eigenvalue weighted by molar-refractivity contribution is 6.35. The third kappa shape index (κ3) is 3.15. The van der Waals surface area contributed by atoms with Gasteiger partial charge in [0.15, 0.2) is 0 Å². The van der Waals surface area contributed by atoms with Crippen molar-refractivity contribution in [3.8, 4) is 5.75 Å². The van der Waals surface area contributed by atoms with Gasteiger partial charge in [-0.1, -0.05) is 46.9 Å². The molecule has 0 radical (unpaired) electrons. The van der Waals surface area contributed by atoms with E-state index in [4.69, 9.17) is 39.5 Å². The van der Waals surface area contributed by atoms with Crippen LogP contribution < -0.4 is 4.74 Å². The fraction of sp³-hybridized carbons (Fsp3) is 0.143. The van der Waals surface area contributed by atoms with Crippen LogP contribution in [0.1, 0.15) is 17.2 Å². The van der Waals surface area contributed by atoms with Crippen LogP contribution in [0.4, 0.5) is 0 Å². The zero-order chi connectivity index (χ0) is 14.0. The van der Waals surface area contributed by atoms with Crippen LogP contribution in [0.2, 0.25) is 15.1 Å². The predicted octanol–water partition coefficient (Wildman–Crippen LogP) is 4.74. The molecule has 2 nitrogen and oxygen atoms in total. The van der Waals surface area contributed by atoms with Gasteiger partial charge in [-0.25, -0.2) is 0 Å². The summed E-state index contributed by atoms with van der Waals surface area (Å²) in [7, 11) is 1.52. The van der Waals surface area contributed by atoms with Crippen LogP contribution in [0, 0.1) is 0 Å². The molecule has 0 bridgehead atoms. The van der Waals surface area contributed by atoms with Gasteiger partial charge in [0.1, 0.15) is 11.9 Å². The first-order valence-corrected chi connectivity index (χ1v) is 6.62. The Kier molecular flexibility index (Phi) is 4.58. The van der Waals surface area contributed by atoms with E-state index in [1.165, 1.54) is 7.11 Å². The number of hydrogen-bond acceptors (Lipinski definition) is 2. The number of aliphatic hydroxyl groups excluding tert-OH is 1. The largest absolute Gasteiger partial charge is 0.495 e. The molecule has 0 fully saturated rings. The topological polar surface area (TPSA) is 29.5 Å². The first kappa shape index (κ1) is 14.5. The Morgan fingerprint density at radius 1 is 1.00 bits per heavy atom. The van der Waals surface area contributed by atoms with E-state index in [1.54, 1.807) is 36.4 Å².